The molecule has 6 heteroatoms. The van der Waals surface area contributed by atoms with Crippen LogP contribution in [0.4, 0.5) is 0 Å². The number of methoxy groups -OCH3 is 1. The van der Waals surface area contributed by atoms with E-state index in [9.17, 15) is 4.79 Å². The van der Waals surface area contributed by atoms with Crippen molar-refractivity contribution in [1.29, 1.82) is 0 Å². The maximum absolute atomic E-state index is 13.3. The summed E-state index contributed by atoms with van der Waals surface area (Å²) in [5, 5.41) is 8.20. The third kappa shape index (κ3) is 3.71. The summed E-state index contributed by atoms with van der Waals surface area (Å²) in [4.78, 5) is 19.5. The number of carbonyl (C=O) groups excluding carboxylic acids is 1. The number of ether oxygens (including phenoxy) is 1. The predicted molar refractivity (Wildman–Crippen MR) is 106 cm³/mol. The summed E-state index contributed by atoms with van der Waals surface area (Å²) in [6.07, 6.45) is 6.72. The van der Waals surface area contributed by atoms with Crippen molar-refractivity contribution >= 4 is 5.91 Å². The lowest BCUT2D eigenvalue weighted by molar-refractivity contribution is 0.0611. The first kappa shape index (κ1) is 18.1. The molecule has 0 N–H and O–H groups in total. The van der Waals surface area contributed by atoms with Crippen LogP contribution < -0.4 is 4.74 Å². The second-order valence-electron chi connectivity index (χ2n) is 6.84. The number of aromatic nitrogens is 3. The molecule has 2 aromatic heterocycles. The van der Waals surface area contributed by atoms with E-state index in [1.807, 2.05) is 53.6 Å². The smallest absolute Gasteiger partial charge is 0.254 e. The summed E-state index contributed by atoms with van der Waals surface area (Å²) in [5.74, 6) is 0.500. The van der Waals surface area contributed by atoms with Gasteiger partial charge in [-0.3, -0.25) is 9.78 Å². The Labute approximate surface area is 164 Å². The first-order chi connectivity index (χ1) is 13.8. The second kappa shape index (κ2) is 8.17. The highest BCUT2D eigenvalue weighted by Gasteiger charge is 2.29. The molecule has 1 aliphatic heterocycles. The van der Waals surface area contributed by atoms with Crippen LogP contribution in [0.3, 0.4) is 0 Å². The van der Waals surface area contributed by atoms with E-state index in [1.165, 1.54) is 0 Å². The number of hydrogen-bond acceptors (Lipinski definition) is 5. The Morgan fingerprint density at radius 2 is 2.04 bits per heavy atom. The normalized spacial score (nSPS) is 16.6. The molecule has 0 spiro atoms. The number of amides is 1. The average molecular weight is 374 g/mol. The first-order valence-corrected chi connectivity index (χ1v) is 9.45. The summed E-state index contributed by atoms with van der Waals surface area (Å²) >= 11 is 0. The fourth-order valence-corrected chi connectivity index (χ4v) is 3.65. The van der Waals surface area contributed by atoms with Gasteiger partial charge in [0.25, 0.3) is 5.91 Å². The lowest BCUT2D eigenvalue weighted by Crippen LogP contribution is -2.38. The van der Waals surface area contributed by atoms with Crippen LogP contribution in [0, 0.1) is 0 Å². The van der Waals surface area contributed by atoms with Gasteiger partial charge in [-0.25, -0.2) is 0 Å². The number of nitrogens with zero attached hydrogens (tertiary/aromatic N) is 4. The standard InChI is InChI=1S/C22H22N4O2/c1-28-21-11-10-19(24-25-21)16-6-4-7-17(14-16)22(27)26-13-3-2-9-20(26)18-8-5-12-23-15-18/h4-8,10-12,14-15,20H,2-3,9,13H2,1H3/t20-/m1/s1. The van der Waals surface area contributed by atoms with E-state index in [0.29, 0.717) is 17.1 Å². The number of likely N-dealkylation sites (tertiary alicyclic amines) is 1. The third-order valence-corrected chi connectivity index (χ3v) is 5.09. The molecule has 3 aromatic rings. The minimum atomic E-state index is 0.0388. The summed E-state index contributed by atoms with van der Waals surface area (Å²) in [7, 11) is 1.56. The molecule has 0 radical (unpaired) electrons. The Morgan fingerprint density at radius 3 is 2.79 bits per heavy atom. The largest absolute Gasteiger partial charge is 0.480 e. The molecule has 0 aliphatic carbocycles. The van der Waals surface area contributed by atoms with Gasteiger partial charge in [0.2, 0.25) is 5.88 Å². The monoisotopic (exact) mass is 374 g/mol. The molecule has 1 atom stereocenters. The van der Waals surface area contributed by atoms with E-state index in [4.69, 9.17) is 4.74 Å². The van der Waals surface area contributed by atoms with Crippen LogP contribution in [-0.2, 0) is 0 Å². The first-order valence-electron chi connectivity index (χ1n) is 9.45. The van der Waals surface area contributed by atoms with E-state index in [2.05, 4.69) is 15.2 Å². The van der Waals surface area contributed by atoms with E-state index in [-0.39, 0.29) is 11.9 Å². The molecular formula is C22H22N4O2. The Balaban J connectivity index is 1.61. The molecule has 1 fully saturated rings. The molecule has 1 saturated heterocycles. The van der Waals surface area contributed by atoms with E-state index in [0.717, 1.165) is 36.9 Å². The number of carbonyl (C=O) groups is 1. The number of hydrogen-bond donors (Lipinski definition) is 0. The topological polar surface area (TPSA) is 68.2 Å². The van der Waals surface area contributed by atoms with Crippen LogP contribution in [0.25, 0.3) is 11.3 Å². The molecule has 4 rings (SSSR count). The maximum atomic E-state index is 13.3. The van der Waals surface area contributed by atoms with Crippen LogP contribution in [0.15, 0.2) is 60.9 Å². The Hall–Kier alpha value is -3.28. The van der Waals surface area contributed by atoms with Crippen molar-refractivity contribution in [2.24, 2.45) is 0 Å². The highest BCUT2D eigenvalue weighted by molar-refractivity contribution is 5.95. The fraction of sp³-hybridized carbons (Fsp3) is 0.273. The van der Waals surface area contributed by atoms with Gasteiger partial charge in [-0.15, -0.1) is 10.2 Å². The fourth-order valence-electron chi connectivity index (χ4n) is 3.65. The Morgan fingerprint density at radius 1 is 1.11 bits per heavy atom. The number of pyridine rings is 1. The predicted octanol–water partition coefficient (Wildman–Crippen LogP) is 3.91. The van der Waals surface area contributed by atoms with E-state index < -0.39 is 0 Å². The van der Waals surface area contributed by atoms with Crippen molar-refractivity contribution in [3.63, 3.8) is 0 Å². The molecule has 0 bridgehead atoms. The minimum Gasteiger partial charge on any atom is -0.480 e. The molecule has 0 saturated carbocycles. The summed E-state index contributed by atoms with van der Waals surface area (Å²) in [5.41, 5.74) is 3.31. The number of piperidine rings is 1. The lowest BCUT2D eigenvalue weighted by Gasteiger charge is -2.36. The summed E-state index contributed by atoms with van der Waals surface area (Å²) in [6, 6.07) is 15.2. The van der Waals surface area contributed by atoms with Crippen LogP contribution in [0.1, 0.15) is 41.2 Å². The zero-order valence-electron chi connectivity index (χ0n) is 15.8. The number of benzene rings is 1. The average Bonchev–Trinajstić information content (AvgIpc) is 2.79. The van der Waals surface area contributed by atoms with Crippen molar-refractivity contribution < 1.29 is 9.53 Å². The van der Waals surface area contributed by atoms with Crippen LogP contribution in [0.5, 0.6) is 5.88 Å². The van der Waals surface area contributed by atoms with Gasteiger partial charge >= 0.3 is 0 Å². The van der Waals surface area contributed by atoms with Gasteiger partial charge in [0, 0.05) is 36.1 Å². The zero-order chi connectivity index (χ0) is 19.3. The Kier molecular flexibility index (Phi) is 5.28. The molecule has 1 aliphatic rings. The molecule has 1 amide bonds. The molecule has 3 heterocycles. The highest BCUT2D eigenvalue weighted by atomic mass is 16.5. The van der Waals surface area contributed by atoms with Crippen molar-refractivity contribution in [3.8, 4) is 17.1 Å². The maximum Gasteiger partial charge on any atom is 0.254 e. The van der Waals surface area contributed by atoms with Crippen molar-refractivity contribution in [1.82, 2.24) is 20.1 Å². The SMILES string of the molecule is COc1ccc(-c2cccc(C(=O)N3CCCC[C@@H]3c3cccnc3)c2)nn1. The summed E-state index contributed by atoms with van der Waals surface area (Å²) < 4.78 is 5.06. The van der Waals surface area contributed by atoms with Crippen LogP contribution >= 0.6 is 0 Å². The minimum absolute atomic E-state index is 0.0388. The van der Waals surface area contributed by atoms with Gasteiger partial charge < -0.3 is 9.64 Å². The van der Waals surface area contributed by atoms with E-state index >= 15 is 0 Å². The number of rotatable bonds is 4. The third-order valence-electron chi connectivity index (χ3n) is 5.09. The van der Waals surface area contributed by atoms with Crippen molar-refractivity contribution in [3.05, 3.63) is 72.1 Å². The van der Waals surface area contributed by atoms with Crippen LogP contribution in [-0.4, -0.2) is 39.6 Å². The van der Waals surface area contributed by atoms with Gasteiger partial charge in [-0.1, -0.05) is 18.2 Å². The molecule has 142 valence electrons. The molecule has 1 aromatic carbocycles. The van der Waals surface area contributed by atoms with Crippen molar-refractivity contribution in [2.75, 3.05) is 13.7 Å². The Bertz CT molecular complexity index is 944. The summed E-state index contributed by atoms with van der Waals surface area (Å²) in [6.45, 7) is 0.755. The van der Waals surface area contributed by atoms with Gasteiger partial charge in [-0.05, 0) is 49.1 Å². The molecule has 28 heavy (non-hydrogen) atoms. The quantitative estimate of drug-likeness (QED) is 0.692. The van der Waals surface area contributed by atoms with Crippen molar-refractivity contribution in [2.45, 2.75) is 25.3 Å². The van der Waals surface area contributed by atoms with E-state index in [1.54, 1.807) is 19.4 Å². The van der Waals surface area contributed by atoms with Gasteiger partial charge in [-0.2, -0.15) is 0 Å². The molecule has 6 nitrogen and oxygen atoms in total. The highest BCUT2D eigenvalue weighted by Crippen LogP contribution is 2.32. The van der Waals surface area contributed by atoms with Gasteiger partial charge in [0.05, 0.1) is 18.8 Å². The molecule has 0 unspecified atom stereocenters. The molecular weight excluding hydrogens is 352 g/mol. The van der Waals surface area contributed by atoms with Gasteiger partial charge in [0.1, 0.15) is 0 Å². The van der Waals surface area contributed by atoms with Gasteiger partial charge in [0.15, 0.2) is 0 Å². The zero-order valence-corrected chi connectivity index (χ0v) is 15.8. The second-order valence-corrected chi connectivity index (χ2v) is 6.84. The van der Waals surface area contributed by atoms with Crippen LogP contribution in [0.2, 0.25) is 0 Å². The lowest BCUT2D eigenvalue weighted by atomic mass is 9.95.